The third-order valence-electron chi connectivity index (χ3n) is 3.93. The van der Waals surface area contributed by atoms with Gasteiger partial charge in [-0.2, -0.15) is 4.98 Å². The first kappa shape index (κ1) is 15.8. The van der Waals surface area contributed by atoms with E-state index in [0.717, 1.165) is 12.0 Å². The number of hydrogen-bond acceptors (Lipinski definition) is 5. The second-order valence-electron chi connectivity index (χ2n) is 5.70. The molecule has 1 amide bonds. The topological polar surface area (TPSA) is 68.5 Å². The van der Waals surface area contributed by atoms with E-state index in [4.69, 9.17) is 20.9 Å². The minimum Gasteiger partial charge on any atom is -0.484 e. The Morgan fingerprint density at radius 3 is 3.00 bits per heavy atom. The first-order valence-corrected chi connectivity index (χ1v) is 7.87. The number of aryl methyl sites for hydroxylation is 2. The van der Waals surface area contributed by atoms with E-state index in [2.05, 4.69) is 10.1 Å². The van der Waals surface area contributed by atoms with Crippen LogP contribution >= 0.6 is 11.6 Å². The molecule has 2 heterocycles. The molecule has 0 N–H and O–H groups in total. The summed E-state index contributed by atoms with van der Waals surface area (Å²) in [5.74, 6) is 1.93. The van der Waals surface area contributed by atoms with Gasteiger partial charge in [0.05, 0.1) is 5.92 Å². The number of carbonyl (C=O) groups excluding carboxylic acids is 1. The van der Waals surface area contributed by atoms with Crippen molar-refractivity contribution in [3.8, 4) is 5.75 Å². The van der Waals surface area contributed by atoms with E-state index in [1.807, 2.05) is 13.0 Å². The second kappa shape index (κ2) is 6.58. The van der Waals surface area contributed by atoms with Gasteiger partial charge in [0.25, 0.3) is 5.91 Å². The summed E-state index contributed by atoms with van der Waals surface area (Å²) in [4.78, 5) is 18.3. The molecule has 1 unspecified atom stereocenters. The molecule has 6 nitrogen and oxygen atoms in total. The zero-order valence-corrected chi connectivity index (χ0v) is 13.8. The monoisotopic (exact) mass is 335 g/mol. The van der Waals surface area contributed by atoms with Crippen LogP contribution in [-0.2, 0) is 4.79 Å². The lowest BCUT2D eigenvalue weighted by atomic mass is 10.1. The van der Waals surface area contributed by atoms with Gasteiger partial charge in [0.15, 0.2) is 12.4 Å². The molecule has 1 fully saturated rings. The quantitative estimate of drug-likeness (QED) is 0.859. The number of ether oxygens (including phenoxy) is 1. The summed E-state index contributed by atoms with van der Waals surface area (Å²) in [5.41, 5.74) is 0.921. The Kier molecular flexibility index (Phi) is 4.52. The maximum atomic E-state index is 12.3. The Bertz CT molecular complexity index is 716. The lowest BCUT2D eigenvalue weighted by Crippen LogP contribution is -2.32. The molecule has 1 aliphatic rings. The molecular weight excluding hydrogens is 318 g/mol. The number of hydrogen-bond donors (Lipinski definition) is 0. The first-order valence-electron chi connectivity index (χ1n) is 7.50. The van der Waals surface area contributed by atoms with Crippen LogP contribution in [0.15, 0.2) is 22.7 Å². The number of carbonyl (C=O) groups is 1. The number of nitrogens with zero attached hydrogens (tertiary/aromatic N) is 3. The highest BCUT2D eigenvalue weighted by Crippen LogP contribution is 2.26. The van der Waals surface area contributed by atoms with Crippen LogP contribution in [0, 0.1) is 13.8 Å². The van der Waals surface area contributed by atoms with Gasteiger partial charge in [0, 0.05) is 18.1 Å². The van der Waals surface area contributed by atoms with Crippen LogP contribution in [0.1, 0.15) is 29.6 Å². The summed E-state index contributed by atoms with van der Waals surface area (Å²) in [6, 6.07) is 5.35. The Balaban J connectivity index is 1.54. The fraction of sp³-hybridized carbons (Fsp3) is 0.438. The van der Waals surface area contributed by atoms with E-state index >= 15 is 0 Å². The zero-order chi connectivity index (χ0) is 16.4. The molecule has 0 bridgehead atoms. The lowest BCUT2D eigenvalue weighted by molar-refractivity contribution is -0.132. The lowest BCUT2D eigenvalue weighted by Gasteiger charge is -2.16. The number of rotatable bonds is 4. The molecule has 1 aromatic carbocycles. The van der Waals surface area contributed by atoms with Gasteiger partial charge >= 0.3 is 0 Å². The van der Waals surface area contributed by atoms with Crippen molar-refractivity contribution in [2.24, 2.45) is 0 Å². The van der Waals surface area contributed by atoms with Crippen molar-refractivity contribution in [3.63, 3.8) is 0 Å². The van der Waals surface area contributed by atoms with E-state index in [1.54, 1.807) is 24.0 Å². The predicted molar refractivity (Wildman–Crippen MR) is 84.7 cm³/mol. The summed E-state index contributed by atoms with van der Waals surface area (Å²) >= 11 is 5.97. The van der Waals surface area contributed by atoms with Crippen LogP contribution in [0.3, 0.4) is 0 Å². The third-order valence-corrected chi connectivity index (χ3v) is 4.35. The van der Waals surface area contributed by atoms with Gasteiger partial charge in [-0.1, -0.05) is 16.8 Å². The molecule has 0 saturated carbocycles. The molecule has 7 heteroatoms. The molecule has 0 radical (unpaired) electrons. The Labute approximate surface area is 139 Å². The highest BCUT2D eigenvalue weighted by Gasteiger charge is 2.30. The Hall–Kier alpha value is -2.08. The fourth-order valence-electron chi connectivity index (χ4n) is 2.61. The van der Waals surface area contributed by atoms with Gasteiger partial charge in [-0.15, -0.1) is 0 Å². The molecule has 1 atom stereocenters. The van der Waals surface area contributed by atoms with Crippen molar-refractivity contribution >= 4 is 17.5 Å². The normalized spacial score (nSPS) is 17.5. The number of amides is 1. The van der Waals surface area contributed by atoms with Crippen LogP contribution in [0.2, 0.25) is 5.02 Å². The van der Waals surface area contributed by atoms with Crippen LogP contribution in [0.4, 0.5) is 0 Å². The van der Waals surface area contributed by atoms with Crippen LogP contribution in [-0.4, -0.2) is 40.6 Å². The van der Waals surface area contributed by atoms with E-state index < -0.39 is 0 Å². The summed E-state index contributed by atoms with van der Waals surface area (Å²) in [7, 11) is 0. The van der Waals surface area contributed by atoms with Gasteiger partial charge in [-0.3, -0.25) is 4.79 Å². The summed E-state index contributed by atoms with van der Waals surface area (Å²) in [6.07, 6.45) is 0.827. The largest absolute Gasteiger partial charge is 0.484 e. The van der Waals surface area contributed by atoms with Crippen molar-refractivity contribution in [2.75, 3.05) is 19.7 Å². The summed E-state index contributed by atoms with van der Waals surface area (Å²) in [5, 5.41) is 4.48. The van der Waals surface area contributed by atoms with E-state index in [0.29, 0.717) is 35.6 Å². The van der Waals surface area contributed by atoms with Crippen molar-refractivity contribution < 1.29 is 14.1 Å². The molecule has 1 aromatic heterocycles. The standard InChI is InChI=1S/C16H18ClN3O3/c1-10-7-13(3-4-14(10)17)22-9-15(21)20-6-5-12(8-20)16-18-11(2)19-23-16/h3-4,7,12H,5-6,8-9H2,1-2H3. The summed E-state index contributed by atoms with van der Waals surface area (Å²) < 4.78 is 10.7. The minimum atomic E-state index is -0.0451. The average Bonchev–Trinajstić information content (AvgIpc) is 3.17. The van der Waals surface area contributed by atoms with Crippen LogP contribution < -0.4 is 4.74 Å². The van der Waals surface area contributed by atoms with E-state index in [-0.39, 0.29) is 18.4 Å². The van der Waals surface area contributed by atoms with E-state index in [1.165, 1.54) is 0 Å². The molecule has 3 rings (SSSR count). The molecule has 1 saturated heterocycles. The SMILES string of the molecule is Cc1noc(C2CCN(C(=O)COc3ccc(Cl)c(C)c3)C2)n1. The maximum Gasteiger partial charge on any atom is 0.260 e. The first-order chi connectivity index (χ1) is 11.0. The smallest absolute Gasteiger partial charge is 0.260 e. The fourth-order valence-corrected chi connectivity index (χ4v) is 2.73. The molecule has 1 aliphatic heterocycles. The van der Waals surface area contributed by atoms with Gasteiger partial charge in [0.2, 0.25) is 5.89 Å². The van der Waals surface area contributed by atoms with Gasteiger partial charge in [0.1, 0.15) is 5.75 Å². The molecule has 122 valence electrons. The molecule has 2 aromatic rings. The number of halogens is 1. The highest BCUT2D eigenvalue weighted by atomic mass is 35.5. The number of aromatic nitrogens is 2. The van der Waals surface area contributed by atoms with Crippen molar-refractivity contribution in [1.82, 2.24) is 15.0 Å². The minimum absolute atomic E-state index is 0.0106. The van der Waals surface area contributed by atoms with Crippen LogP contribution in [0.5, 0.6) is 5.75 Å². The van der Waals surface area contributed by atoms with E-state index in [9.17, 15) is 4.79 Å². The Morgan fingerprint density at radius 1 is 1.48 bits per heavy atom. The van der Waals surface area contributed by atoms with Gasteiger partial charge in [-0.25, -0.2) is 0 Å². The summed E-state index contributed by atoms with van der Waals surface area (Å²) in [6.45, 7) is 4.95. The van der Waals surface area contributed by atoms with Crippen molar-refractivity contribution in [3.05, 3.63) is 40.5 Å². The third kappa shape index (κ3) is 3.64. The number of benzene rings is 1. The molecule has 0 spiro atoms. The molecule has 0 aliphatic carbocycles. The predicted octanol–water partition coefficient (Wildman–Crippen LogP) is 2.73. The van der Waals surface area contributed by atoms with Gasteiger partial charge in [-0.05, 0) is 44.0 Å². The Morgan fingerprint density at radius 2 is 2.30 bits per heavy atom. The average molecular weight is 336 g/mol. The highest BCUT2D eigenvalue weighted by molar-refractivity contribution is 6.31. The maximum absolute atomic E-state index is 12.3. The number of likely N-dealkylation sites (tertiary alicyclic amines) is 1. The second-order valence-corrected chi connectivity index (χ2v) is 6.11. The van der Waals surface area contributed by atoms with Crippen molar-refractivity contribution in [1.29, 1.82) is 0 Å². The zero-order valence-electron chi connectivity index (χ0n) is 13.1. The van der Waals surface area contributed by atoms with Crippen LogP contribution in [0.25, 0.3) is 0 Å². The van der Waals surface area contributed by atoms with Crippen molar-refractivity contribution in [2.45, 2.75) is 26.2 Å². The van der Waals surface area contributed by atoms with Gasteiger partial charge < -0.3 is 14.2 Å². The molecule has 23 heavy (non-hydrogen) atoms. The molecular formula is C16H18ClN3O3.